The predicted molar refractivity (Wildman–Crippen MR) is 175 cm³/mol. The van der Waals surface area contributed by atoms with E-state index in [-0.39, 0.29) is 42.3 Å². The Morgan fingerprint density at radius 2 is 1.98 bits per heavy atom. The zero-order valence-electron chi connectivity index (χ0n) is 25.9. The number of fused-ring (bicyclic) bond motifs is 1. The fourth-order valence-electron chi connectivity index (χ4n) is 5.35. The highest BCUT2D eigenvalue weighted by Crippen LogP contribution is 2.32. The van der Waals surface area contributed by atoms with Gasteiger partial charge in [0.25, 0.3) is 5.91 Å². The number of hydrogen-bond acceptors (Lipinski definition) is 7. The van der Waals surface area contributed by atoms with E-state index in [1.54, 1.807) is 36.4 Å². The van der Waals surface area contributed by atoms with Gasteiger partial charge in [0.05, 0.1) is 18.3 Å². The molecule has 0 saturated carbocycles. The van der Waals surface area contributed by atoms with Crippen LogP contribution in [0.15, 0.2) is 101 Å². The maximum absolute atomic E-state index is 13.6. The molecule has 3 atom stereocenters. The second-order valence-electron chi connectivity index (χ2n) is 11.3. The average Bonchev–Trinajstić information content (AvgIpc) is 3.08. The zero-order chi connectivity index (χ0) is 32.1. The molecule has 2 aliphatic heterocycles. The number of amides is 4. The molecule has 0 fully saturated rings. The number of nitrogens with zero attached hydrogens (tertiary/aromatic N) is 5. The van der Waals surface area contributed by atoms with Gasteiger partial charge in [0, 0.05) is 36.3 Å². The number of carbonyl (C=O) groups excluding carboxylic acids is 3. The lowest BCUT2D eigenvalue weighted by Crippen LogP contribution is -2.46. The first-order chi connectivity index (χ1) is 21.7. The Bertz CT molecular complexity index is 1670. The van der Waals surface area contributed by atoms with Crippen molar-refractivity contribution >= 4 is 35.3 Å². The molecule has 0 bridgehead atoms. The van der Waals surface area contributed by atoms with Crippen LogP contribution >= 0.6 is 0 Å². The molecule has 2 aromatic rings. The highest BCUT2D eigenvalue weighted by Gasteiger charge is 2.33. The molecule has 4 N–H and O–H groups in total. The van der Waals surface area contributed by atoms with Crippen molar-refractivity contribution in [3.63, 3.8) is 0 Å². The molecule has 0 saturated heterocycles. The molecule has 45 heavy (non-hydrogen) atoms. The summed E-state index contributed by atoms with van der Waals surface area (Å²) in [6, 6.07) is 8.43. The van der Waals surface area contributed by atoms with Crippen LogP contribution in [0.4, 0.5) is 16.6 Å². The van der Waals surface area contributed by atoms with Gasteiger partial charge in [0.1, 0.15) is 11.9 Å². The van der Waals surface area contributed by atoms with E-state index in [1.807, 2.05) is 69.3 Å². The molecular weight excluding hydrogens is 568 g/mol. The fourth-order valence-corrected chi connectivity index (χ4v) is 5.35. The highest BCUT2D eigenvalue weighted by molar-refractivity contribution is 6.10. The summed E-state index contributed by atoms with van der Waals surface area (Å²) >= 11 is 0. The standard InChI is InChI=1S/C34H38N8O3/c1-5-21(2)29-32(44)36-17-16-24(12-9-13-27(39-29)23-10-7-6-8-11-23)31(43)38-26-15-14-22(3)28(18-26)42-20-25-19-37-33(35)40-30(25)41(4)34(42)45/h6-14,16-19,21,26,29H,5,15,20H2,1-4H3,(H,36,44)(H,38,43)(H2,35,37,40)/b13-9+,17-16+,24-12+,39-27+. The average molecular weight is 607 g/mol. The number of carbonyl (C=O) groups is 3. The number of rotatable bonds is 6. The van der Waals surface area contributed by atoms with Crippen LogP contribution < -0.4 is 21.3 Å². The Morgan fingerprint density at radius 1 is 1.20 bits per heavy atom. The van der Waals surface area contributed by atoms with Crippen LogP contribution in [0.5, 0.6) is 0 Å². The summed E-state index contributed by atoms with van der Waals surface area (Å²) in [6.45, 7) is 6.24. The van der Waals surface area contributed by atoms with Gasteiger partial charge in [-0.25, -0.2) is 9.78 Å². The third-order valence-electron chi connectivity index (χ3n) is 8.15. The van der Waals surface area contributed by atoms with Gasteiger partial charge in [-0.2, -0.15) is 4.98 Å². The highest BCUT2D eigenvalue weighted by atomic mass is 16.2. The van der Waals surface area contributed by atoms with E-state index in [4.69, 9.17) is 10.7 Å². The maximum Gasteiger partial charge on any atom is 0.330 e. The van der Waals surface area contributed by atoms with Gasteiger partial charge in [-0.05, 0) is 54.7 Å². The van der Waals surface area contributed by atoms with Crippen LogP contribution in [0.1, 0.15) is 44.7 Å². The van der Waals surface area contributed by atoms with Crippen LogP contribution in [0.25, 0.3) is 0 Å². The molecule has 0 spiro atoms. The monoisotopic (exact) mass is 606 g/mol. The molecule has 11 nitrogen and oxygen atoms in total. The Hall–Kier alpha value is -5.32. The van der Waals surface area contributed by atoms with E-state index in [2.05, 4.69) is 20.6 Å². The molecular formula is C34H38N8O3. The number of hydrogen-bond donors (Lipinski definition) is 3. The molecule has 5 rings (SSSR count). The van der Waals surface area contributed by atoms with Crippen LogP contribution in [0.3, 0.4) is 0 Å². The topological polar surface area (TPSA) is 146 Å². The third kappa shape index (κ3) is 6.93. The molecule has 232 valence electrons. The summed E-state index contributed by atoms with van der Waals surface area (Å²) in [5.41, 5.74) is 10.0. The quantitative estimate of drug-likeness (QED) is 0.450. The van der Waals surface area contributed by atoms with Gasteiger partial charge in [0.15, 0.2) is 0 Å². The van der Waals surface area contributed by atoms with Gasteiger partial charge in [-0.3, -0.25) is 24.4 Å². The molecule has 4 amide bonds. The van der Waals surface area contributed by atoms with Gasteiger partial charge in [-0.15, -0.1) is 0 Å². The number of nitrogens with one attached hydrogen (secondary N) is 2. The summed E-state index contributed by atoms with van der Waals surface area (Å²) in [4.78, 5) is 56.4. The number of benzene rings is 1. The van der Waals surface area contributed by atoms with Crippen molar-refractivity contribution in [2.75, 3.05) is 17.7 Å². The second-order valence-corrected chi connectivity index (χ2v) is 11.3. The lowest BCUT2D eigenvalue weighted by molar-refractivity contribution is -0.122. The Labute approximate surface area is 263 Å². The smallest absolute Gasteiger partial charge is 0.330 e. The van der Waals surface area contributed by atoms with Crippen LogP contribution in [0.2, 0.25) is 0 Å². The summed E-state index contributed by atoms with van der Waals surface area (Å²) in [5.74, 6) is 0.0245. The minimum absolute atomic E-state index is 0.0106. The van der Waals surface area contributed by atoms with Crippen molar-refractivity contribution in [3.8, 4) is 0 Å². The summed E-state index contributed by atoms with van der Waals surface area (Å²) in [6.07, 6.45) is 15.2. The number of nitrogens with two attached hydrogens (primary N) is 1. The van der Waals surface area contributed by atoms with Gasteiger partial charge < -0.3 is 16.4 Å². The fraction of sp³-hybridized carbons (Fsp3) is 0.294. The first-order valence-corrected chi connectivity index (χ1v) is 15.0. The number of allylic oxidation sites excluding steroid dienone is 4. The molecule has 0 radical (unpaired) electrons. The Kier molecular flexibility index (Phi) is 9.36. The molecule has 1 aromatic carbocycles. The lowest BCUT2D eigenvalue weighted by atomic mass is 9.98. The number of nitrogen functional groups attached to an aromatic ring is 1. The number of aromatic nitrogens is 2. The number of aliphatic imine (C=N–C) groups is 1. The molecule has 1 aliphatic carbocycles. The summed E-state index contributed by atoms with van der Waals surface area (Å²) in [7, 11) is 1.65. The second kappa shape index (κ2) is 13.5. The van der Waals surface area contributed by atoms with Crippen molar-refractivity contribution in [1.82, 2.24) is 25.5 Å². The largest absolute Gasteiger partial charge is 0.368 e. The van der Waals surface area contributed by atoms with Crippen LogP contribution in [-0.4, -0.2) is 57.6 Å². The Balaban J connectivity index is 1.38. The maximum atomic E-state index is 13.6. The predicted octanol–water partition coefficient (Wildman–Crippen LogP) is 4.18. The SMILES string of the molecule is CCC(C)C1\N=C(c2ccccc2)/C=C/C=C(C(=O)NC2C=C(N3Cc4cnc(N)nc4N(C)C3=O)C(C)=CC2)\C=C\NC1=O. The van der Waals surface area contributed by atoms with E-state index < -0.39 is 6.04 Å². The van der Waals surface area contributed by atoms with E-state index in [9.17, 15) is 14.4 Å². The van der Waals surface area contributed by atoms with Gasteiger partial charge in [-0.1, -0.05) is 62.8 Å². The lowest BCUT2D eigenvalue weighted by Gasteiger charge is -2.37. The van der Waals surface area contributed by atoms with E-state index >= 15 is 0 Å². The van der Waals surface area contributed by atoms with Gasteiger partial charge in [0.2, 0.25) is 11.9 Å². The van der Waals surface area contributed by atoms with E-state index in [0.29, 0.717) is 29.2 Å². The minimum Gasteiger partial charge on any atom is -0.368 e. The van der Waals surface area contributed by atoms with Crippen LogP contribution in [0, 0.1) is 5.92 Å². The number of urea groups is 1. The minimum atomic E-state index is -0.594. The normalized spacial score (nSPS) is 24.7. The van der Waals surface area contributed by atoms with Crippen molar-refractivity contribution in [3.05, 3.63) is 107 Å². The molecule has 3 unspecified atom stereocenters. The first-order valence-electron chi connectivity index (χ1n) is 15.0. The molecule has 11 heteroatoms. The first kappa shape index (κ1) is 31.1. The molecule has 1 aromatic heterocycles. The van der Waals surface area contributed by atoms with Crippen molar-refractivity contribution in [2.45, 2.75) is 52.2 Å². The Morgan fingerprint density at radius 3 is 2.73 bits per heavy atom. The molecule has 3 aliphatic rings. The molecule has 3 heterocycles. The number of anilines is 2. The van der Waals surface area contributed by atoms with E-state index in [1.165, 1.54) is 11.1 Å². The zero-order valence-corrected chi connectivity index (χ0v) is 25.9. The van der Waals surface area contributed by atoms with Crippen LogP contribution in [-0.2, 0) is 16.1 Å². The van der Waals surface area contributed by atoms with Gasteiger partial charge >= 0.3 is 6.03 Å². The van der Waals surface area contributed by atoms with Crippen molar-refractivity contribution in [1.29, 1.82) is 0 Å². The van der Waals surface area contributed by atoms with Crippen molar-refractivity contribution < 1.29 is 14.4 Å². The van der Waals surface area contributed by atoms with E-state index in [0.717, 1.165) is 23.1 Å². The van der Waals surface area contributed by atoms with Crippen molar-refractivity contribution in [2.24, 2.45) is 10.9 Å². The summed E-state index contributed by atoms with van der Waals surface area (Å²) in [5, 5.41) is 5.89. The third-order valence-corrected chi connectivity index (χ3v) is 8.15. The summed E-state index contributed by atoms with van der Waals surface area (Å²) < 4.78 is 0.